The summed E-state index contributed by atoms with van der Waals surface area (Å²) in [6.45, 7) is -0.0573. The van der Waals surface area contributed by atoms with Crippen LogP contribution in [0.5, 0.6) is 0 Å². The van der Waals surface area contributed by atoms with Gasteiger partial charge in [0.25, 0.3) is 11.6 Å². The van der Waals surface area contributed by atoms with Gasteiger partial charge in [0.1, 0.15) is 18.1 Å². The number of carbonyl (C=O) groups is 1. The van der Waals surface area contributed by atoms with Gasteiger partial charge in [0.15, 0.2) is 5.43 Å². The van der Waals surface area contributed by atoms with E-state index in [1.54, 1.807) is 71.3 Å². The van der Waals surface area contributed by atoms with Crippen LogP contribution in [0.2, 0.25) is 0 Å². The number of nitro groups is 1. The van der Waals surface area contributed by atoms with E-state index in [0.717, 1.165) is 0 Å². The Morgan fingerprint density at radius 3 is 2.26 bits per heavy atom. The van der Waals surface area contributed by atoms with E-state index in [-0.39, 0.29) is 17.7 Å². The summed E-state index contributed by atoms with van der Waals surface area (Å²) in [5.74, 6) is 0.236. The van der Waals surface area contributed by atoms with Crippen LogP contribution in [0.3, 0.4) is 0 Å². The number of hydrogen-bond acceptors (Lipinski definition) is 6. The topological polar surface area (TPSA) is 120 Å². The van der Waals surface area contributed by atoms with Crippen LogP contribution in [0.15, 0.2) is 99.2 Å². The standard InChI is InChI=1S/C26H18N4O5/c31-25(16-29-21-10-4-2-8-19(21)26(32)20-9-3-5-11-22(20)29)28-27-15-17-13-14-24(35-17)18-7-1-6-12-23(18)30(33)34/h1-15H,16H2,(H,28,31). The number of nitrogens with zero attached hydrogens (tertiary/aromatic N) is 3. The Morgan fingerprint density at radius 1 is 0.943 bits per heavy atom. The summed E-state index contributed by atoms with van der Waals surface area (Å²) in [4.78, 5) is 36.3. The van der Waals surface area contributed by atoms with Crippen LogP contribution in [-0.4, -0.2) is 21.6 Å². The molecule has 0 atom stereocenters. The summed E-state index contributed by atoms with van der Waals surface area (Å²) in [5, 5.41) is 16.3. The number of rotatable bonds is 6. The van der Waals surface area contributed by atoms with E-state index < -0.39 is 10.8 Å². The third-order valence-electron chi connectivity index (χ3n) is 5.55. The van der Waals surface area contributed by atoms with Crippen molar-refractivity contribution in [3.05, 3.63) is 111 Å². The van der Waals surface area contributed by atoms with Crippen molar-refractivity contribution in [1.29, 1.82) is 0 Å². The predicted octanol–water partition coefficient (Wildman–Crippen LogP) is 4.47. The van der Waals surface area contributed by atoms with Gasteiger partial charge in [-0.1, -0.05) is 36.4 Å². The maximum atomic E-state index is 12.8. The highest BCUT2D eigenvalue weighted by atomic mass is 16.6. The first-order chi connectivity index (χ1) is 17.0. The van der Waals surface area contributed by atoms with Crippen LogP contribution in [-0.2, 0) is 11.3 Å². The third kappa shape index (κ3) is 4.18. The van der Waals surface area contributed by atoms with Gasteiger partial charge in [0, 0.05) is 16.8 Å². The first-order valence-electron chi connectivity index (χ1n) is 10.7. The average molecular weight is 466 g/mol. The Kier molecular flexibility index (Phi) is 5.64. The molecule has 3 aromatic carbocycles. The van der Waals surface area contributed by atoms with Gasteiger partial charge < -0.3 is 8.98 Å². The summed E-state index contributed by atoms with van der Waals surface area (Å²) in [6, 6.07) is 23.7. The van der Waals surface area contributed by atoms with Crippen molar-refractivity contribution in [1.82, 2.24) is 9.99 Å². The van der Waals surface area contributed by atoms with E-state index in [0.29, 0.717) is 38.9 Å². The largest absolute Gasteiger partial charge is 0.455 e. The molecule has 2 aromatic heterocycles. The molecule has 172 valence electrons. The Labute approximate surface area is 198 Å². The molecular weight excluding hydrogens is 448 g/mol. The molecule has 1 N–H and O–H groups in total. The molecule has 0 spiro atoms. The normalized spacial score (nSPS) is 11.3. The maximum Gasteiger partial charge on any atom is 0.280 e. The number of hydrogen-bond donors (Lipinski definition) is 1. The number of fused-ring (bicyclic) bond motifs is 2. The van der Waals surface area contributed by atoms with Crippen molar-refractivity contribution in [2.45, 2.75) is 6.54 Å². The fourth-order valence-electron chi connectivity index (χ4n) is 4.00. The fraction of sp³-hybridized carbons (Fsp3) is 0.0385. The quantitative estimate of drug-likeness (QED) is 0.171. The lowest BCUT2D eigenvalue weighted by Crippen LogP contribution is -2.25. The fourth-order valence-corrected chi connectivity index (χ4v) is 4.00. The molecule has 5 rings (SSSR count). The smallest absolute Gasteiger partial charge is 0.280 e. The van der Waals surface area contributed by atoms with Gasteiger partial charge in [-0.2, -0.15) is 5.10 Å². The highest BCUT2D eigenvalue weighted by Gasteiger charge is 2.17. The van der Waals surface area contributed by atoms with Crippen LogP contribution in [0.1, 0.15) is 5.76 Å². The van der Waals surface area contributed by atoms with E-state index in [4.69, 9.17) is 4.42 Å². The zero-order valence-electron chi connectivity index (χ0n) is 18.3. The Balaban J connectivity index is 1.36. The second-order valence-electron chi connectivity index (χ2n) is 7.72. The molecule has 0 saturated heterocycles. The van der Waals surface area contributed by atoms with Crippen LogP contribution in [0.4, 0.5) is 5.69 Å². The minimum absolute atomic E-state index is 0.0573. The van der Waals surface area contributed by atoms with Crippen molar-refractivity contribution >= 4 is 39.6 Å². The Morgan fingerprint density at radius 2 is 1.57 bits per heavy atom. The number of aromatic nitrogens is 1. The summed E-state index contributed by atoms with van der Waals surface area (Å²) in [5.41, 5.74) is 3.95. The van der Waals surface area contributed by atoms with Crippen molar-refractivity contribution in [3.63, 3.8) is 0 Å². The van der Waals surface area contributed by atoms with Crippen molar-refractivity contribution in [3.8, 4) is 11.3 Å². The van der Waals surface area contributed by atoms with Crippen LogP contribution in [0, 0.1) is 10.1 Å². The molecule has 0 aliphatic rings. The van der Waals surface area contributed by atoms with E-state index in [2.05, 4.69) is 10.5 Å². The van der Waals surface area contributed by atoms with Crippen LogP contribution < -0.4 is 10.9 Å². The highest BCUT2D eigenvalue weighted by Crippen LogP contribution is 2.30. The second-order valence-corrected chi connectivity index (χ2v) is 7.72. The summed E-state index contributed by atoms with van der Waals surface area (Å²) in [7, 11) is 0. The lowest BCUT2D eigenvalue weighted by atomic mass is 10.1. The summed E-state index contributed by atoms with van der Waals surface area (Å²) < 4.78 is 7.42. The minimum atomic E-state index is -0.476. The zero-order valence-corrected chi connectivity index (χ0v) is 18.3. The number of amides is 1. The predicted molar refractivity (Wildman–Crippen MR) is 132 cm³/mol. The molecule has 0 saturated carbocycles. The lowest BCUT2D eigenvalue weighted by Gasteiger charge is -2.14. The lowest BCUT2D eigenvalue weighted by molar-refractivity contribution is -0.384. The van der Waals surface area contributed by atoms with Gasteiger partial charge in [-0.3, -0.25) is 19.7 Å². The number of hydrazone groups is 1. The molecule has 0 fully saturated rings. The molecule has 0 radical (unpaired) electrons. The van der Waals surface area contributed by atoms with Gasteiger partial charge in [0.05, 0.1) is 27.7 Å². The van der Waals surface area contributed by atoms with E-state index >= 15 is 0 Å². The first kappa shape index (κ1) is 21.8. The van der Waals surface area contributed by atoms with Gasteiger partial charge in [-0.05, 0) is 42.5 Å². The van der Waals surface area contributed by atoms with E-state index in [1.165, 1.54) is 12.3 Å². The van der Waals surface area contributed by atoms with E-state index in [9.17, 15) is 19.7 Å². The average Bonchev–Trinajstić information content (AvgIpc) is 3.35. The Bertz CT molecular complexity index is 1620. The van der Waals surface area contributed by atoms with E-state index in [1.807, 2.05) is 12.1 Å². The number of carbonyl (C=O) groups excluding carboxylic acids is 1. The monoisotopic (exact) mass is 466 g/mol. The molecule has 0 unspecified atom stereocenters. The molecule has 0 aliphatic heterocycles. The van der Waals surface area contributed by atoms with Crippen molar-refractivity contribution in [2.75, 3.05) is 0 Å². The van der Waals surface area contributed by atoms with Gasteiger partial charge in [-0.15, -0.1) is 0 Å². The number of nitrogens with one attached hydrogen (secondary N) is 1. The number of nitro benzene ring substituents is 1. The molecule has 9 heteroatoms. The first-order valence-corrected chi connectivity index (χ1v) is 10.7. The SMILES string of the molecule is O=C(Cn1c2ccccc2c(=O)c2ccccc21)NN=Cc1ccc(-c2ccccc2[N+](=O)[O-])o1. The van der Waals surface area contributed by atoms with Gasteiger partial charge in [-0.25, -0.2) is 5.43 Å². The van der Waals surface area contributed by atoms with Crippen LogP contribution in [0.25, 0.3) is 33.1 Å². The molecule has 35 heavy (non-hydrogen) atoms. The number of furan rings is 1. The molecular formula is C26H18N4O5. The number of pyridine rings is 1. The minimum Gasteiger partial charge on any atom is -0.455 e. The molecule has 0 bridgehead atoms. The van der Waals surface area contributed by atoms with Gasteiger partial charge >= 0.3 is 0 Å². The molecule has 0 aliphatic carbocycles. The molecule has 2 heterocycles. The molecule has 5 aromatic rings. The zero-order chi connectivity index (χ0) is 24.4. The summed E-state index contributed by atoms with van der Waals surface area (Å²) in [6.07, 6.45) is 1.32. The highest BCUT2D eigenvalue weighted by molar-refractivity contribution is 5.95. The molecule has 1 amide bonds. The van der Waals surface area contributed by atoms with Crippen molar-refractivity contribution < 1.29 is 14.1 Å². The third-order valence-corrected chi connectivity index (χ3v) is 5.55. The summed E-state index contributed by atoms with van der Waals surface area (Å²) >= 11 is 0. The van der Waals surface area contributed by atoms with Crippen molar-refractivity contribution in [2.24, 2.45) is 5.10 Å². The number of para-hydroxylation sites is 3. The second kappa shape index (κ2) is 9.06. The van der Waals surface area contributed by atoms with Crippen LogP contribution >= 0.6 is 0 Å². The molecule has 9 nitrogen and oxygen atoms in total. The number of benzene rings is 3. The maximum absolute atomic E-state index is 12.8. The Hall–Kier alpha value is -5.05. The van der Waals surface area contributed by atoms with Gasteiger partial charge in [0.2, 0.25) is 0 Å².